The van der Waals surface area contributed by atoms with Crippen molar-refractivity contribution < 1.29 is 22.7 Å². The topological polar surface area (TPSA) is 80.8 Å². The summed E-state index contributed by atoms with van der Waals surface area (Å²) >= 11 is 0. The molecule has 0 bridgehead atoms. The Morgan fingerprint density at radius 2 is 1.65 bits per heavy atom. The van der Waals surface area contributed by atoms with Crippen molar-refractivity contribution in [3.05, 3.63) is 65.7 Å². The molecule has 1 aliphatic rings. The van der Waals surface area contributed by atoms with E-state index >= 15 is 0 Å². The summed E-state index contributed by atoms with van der Waals surface area (Å²) in [6.07, 6.45) is 0. The molecule has 0 N–H and O–H groups in total. The van der Waals surface area contributed by atoms with Crippen molar-refractivity contribution in [1.82, 2.24) is 4.31 Å². The lowest BCUT2D eigenvalue weighted by Crippen LogP contribution is -2.33. The minimum Gasteiger partial charge on any atom is -0.460 e. The summed E-state index contributed by atoms with van der Waals surface area (Å²) in [7, 11) is -3.87. The minimum absolute atomic E-state index is 0.0145. The smallest absolute Gasteiger partial charge is 0.338 e. The van der Waals surface area contributed by atoms with E-state index in [9.17, 15) is 18.0 Å². The summed E-state index contributed by atoms with van der Waals surface area (Å²) in [5, 5.41) is 0. The number of hydrogen-bond donors (Lipinski definition) is 0. The number of carbonyl (C=O) groups is 2. The maximum absolute atomic E-state index is 12.3. The molecule has 0 aliphatic carbocycles. The van der Waals surface area contributed by atoms with Crippen molar-refractivity contribution in [3.63, 3.8) is 0 Å². The van der Waals surface area contributed by atoms with E-state index in [4.69, 9.17) is 4.74 Å². The third-order valence-corrected chi connectivity index (χ3v) is 5.29. The van der Waals surface area contributed by atoms with Gasteiger partial charge >= 0.3 is 5.97 Å². The van der Waals surface area contributed by atoms with E-state index in [-0.39, 0.29) is 23.6 Å². The zero-order valence-electron chi connectivity index (χ0n) is 12.0. The Kier molecular flexibility index (Phi) is 3.87. The predicted molar refractivity (Wildman–Crippen MR) is 81.4 cm³/mol. The summed E-state index contributed by atoms with van der Waals surface area (Å²) in [6.45, 7) is -0.416. The van der Waals surface area contributed by atoms with Gasteiger partial charge in [-0.15, -0.1) is 0 Å². The van der Waals surface area contributed by atoms with Gasteiger partial charge < -0.3 is 4.74 Å². The van der Waals surface area contributed by atoms with Gasteiger partial charge in [-0.25, -0.2) is 17.5 Å². The molecule has 1 amide bonds. The molecular weight excluding hydrogens is 318 g/mol. The van der Waals surface area contributed by atoms with Gasteiger partial charge in [0.15, 0.2) is 0 Å². The molecule has 0 saturated carbocycles. The van der Waals surface area contributed by atoms with Gasteiger partial charge in [0.2, 0.25) is 0 Å². The Morgan fingerprint density at radius 1 is 1.00 bits per heavy atom. The van der Waals surface area contributed by atoms with E-state index in [1.807, 2.05) is 0 Å². The predicted octanol–water partition coefficient (Wildman–Crippen LogP) is 1.69. The van der Waals surface area contributed by atoms with E-state index in [2.05, 4.69) is 0 Å². The highest BCUT2D eigenvalue weighted by atomic mass is 32.2. The van der Waals surface area contributed by atoms with E-state index < -0.39 is 21.9 Å². The number of rotatable bonds is 4. The number of ether oxygens (including phenoxy) is 1. The molecule has 0 aromatic heterocycles. The van der Waals surface area contributed by atoms with Crippen LogP contribution in [0.5, 0.6) is 0 Å². The molecule has 0 saturated heterocycles. The SMILES string of the molecule is O=C(OCCN1C(=O)c2ccccc2S1(=O)=O)c1ccccc1. The molecule has 118 valence electrons. The second kappa shape index (κ2) is 5.85. The number of fused-ring (bicyclic) bond motifs is 1. The monoisotopic (exact) mass is 331 g/mol. The number of carbonyl (C=O) groups excluding carboxylic acids is 2. The molecule has 1 aliphatic heterocycles. The Bertz CT molecular complexity index is 861. The number of amides is 1. The van der Waals surface area contributed by atoms with Crippen molar-refractivity contribution in [2.45, 2.75) is 4.90 Å². The first-order valence-corrected chi connectivity index (χ1v) is 8.34. The third-order valence-electron chi connectivity index (χ3n) is 3.45. The molecule has 23 heavy (non-hydrogen) atoms. The minimum atomic E-state index is -3.87. The van der Waals surface area contributed by atoms with Crippen LogP contribution in [0.15, 0.2) is 59.5 Å². The molecule has 0 unspecified atom stereocenters. The van der Waals surface area contributed by atoms with Crippen LogP contribution < -0.4 is 0 Å². The summed E-state index contributed by atoms with van der Waals surface area (Å²) < 4.78 is 30.4. The standard InChI is InChI=1S/C16H13NO5S/c18-15-13-8-4-5-9-14(13)23(20,21)17(15)10-11-22-16(19)12-6-2-1-3-7-12/h1-9H,10-11H2. The number of nitrogens with zero attached hydrogens (tertiary/aromatic N) is 1. The Labute approximate surface area is 133 Å². The van der Waals surface area contributed by atoms with E-state index in [0.717, 1.165) is 4.31 Å². The Morgan fingerprint density at radius 3 is 2.35 bits per heavy atom. The Hall–Kier alpha value is -2.67. The van der Waals surface area contributed by atoms with Crippen molar-refractivity contribution in [3.8, 4) is 0 Å². The summed E-state index contributed by atoms with van der Waals surface area (Å²) in [5.41, 5.74) is 0.508. The van der Waals surface area contributed by atoms with Gasteiger partial charge in [0.1, 0.15) is 11.5 Å². The quantitative estimate of drug-likeness (QED) is 0.797. The van der Waals surface area contributed by atoms with E-state index in [0.29, 0.717) is 5.56 Å². The molecule has 6 nitrogen and oxygen atoms in total. The number of hydrogen-bond acceptors (Lipinski definition) is 5. The van der Waals surface area contributed by atoms with Crippen LogP contribution in [-0.2, 0) is 14.8 Å². The van der Waals surface area contributed by atoms with Crippen LogP contribution >= 0.6 is 0 Å². The lowest BCUT2D eigenvalue weighted by atomic mass is 10.2. The summed E-state index contributed by atoms with van der Waals surface area (Å²) in [5.74, 6) is -1.16. The van der Waals surface area contributed by atoms with Crippen LogP contribution in [-0.4, -0.2) is 37.8 Å². The number of sulfonamides is 1. The third kappa shape index (κ3) is 2.70. The molecule has 0 radical (unpaired) electrons. The fourth-order valence-electron chi connectivity index (χ4n) is 2.33. The van der Waals surface area contributed by atoms with Crippen molar-refractivity contribution in [2.24, 2.45) is 0 Å². The first kappa shape index (κ1) is 15.2. The van der Waals surface area contributed by atoms with Crippen molar-refractivity contribution in [2.75, 3.05) is 13.2 Å². The highest BCUT2D eigenvalue weighted by molar-refractivity contribution is 7.90. The van der Waals surface area contributed by atoms with Crippen LogP contribution in [0.3, 0.4) is 0 Å². The fourth-order valence-corrected chi connectivity index (χ4v) is 3.88. The van der Waals surface area contributed by atoms with Gasteiger partial charge in [-0.2, -0.15) is 0 Å². The second-order valence-electron chi connectivity index (χ2n) is 4.88. The zero-order chi connectivity index (χ0) is 16.4. The molecule has 0 fully saturated rings. The van der Waals surface area contributed by atoms with Gasteiger partial charge in [0.05, 0.1) is 17.7 Å². The Balaban J connectivity index is 1.68. The lowest BCUT2D eigenvalue weighted by Gasteiger charge is -2.14. The number of esters is 1. The number of benzene rings is 2. The van der Waals surface area contributed by atoms with Crippen molar-refractivity contribution in [1.29, 1.82) is 0 Å². The summed E-state index contributed by atoms with van der Waals surface area (Å²) in [4.78, 5) is 24.0. The van der Waals surface area contributed by atoms with E-state index in [1.54, 1.807) is 42.5 Å². The molecular formula is C16H13NO5S. The highest BCUT2D eigenvalue weighted by Gasteiger charge is 2.40. The molecule has 2 aromatic rings. The first-order chi connectivity index (χ1) is 11.0. The molecule has 3 rings (SSSR count). The zero-order valence-corrected chi connectivity index (χ0v) is 12.8. The van der Waals surface area contributed by atoms with Gasteiger partial charge in [0, 0.05) is 0 Å². The van der Waals surface area contributed by atoms with Crippen molar-refractivity contribution >= 4 is 21.9 Å². The van der Waals surface area contributed by atoms with Gasteiger partial charge in [-0.3, -0.25) is 4.79 Å². The molecule has 0 spiro atoms. The molecule has 2 aromatic carbocycles. The maximum Gasteiger partial charge on any atom is 0.338 e. The fraction of sp³-hybridized carbons (Fsp3) is 0.125. The molecule has 7 heteroatoms. The average molecular weight is 331 g/mol. The van der Waals surface area contributed by atoms with Crippen LogP contribution in [0.4, 0.5) is 0 Å². The maximum atomic E-state index is 12.3. The normalized spacial score (nSPS) is 15.3. The van der Waals surface area contributed by atoms with Crippen LogP contribution in [0.25, 0.3) is 0 Å². The van der Waals surface area contributed by atoms with Gasteiger partial charge in [0.25, 0.3) is 15.9 Å². The lowest BCUT2D eigenvalue weighted by molar-refractivity contribution is 0.0478. The van der Waals surface area contributed by atoms with Gasteiger partial charge in [-0.1, -0.05) is 30.3 Å². The van der Waals surface area contributed by atoms with E-state index in [1.165, 1.54) is 12.1 Å². The van der Waals surface area contributed by atoms with Crippen LogP contribution in [0.1, 0.15) is 20.7 Å². The largest absolute Gasteiger partial charge is 0.460 e. The molecule has 1 heterocycles. The highest BCUT2D eigenvalue weighted by Crippen LogP contribution is 2.29. The molecule has 0 atom stereocenters. The summed E-state index contributed by atoms with van der Waals surface area (Å²) in [6, 6.07) is 14.4. The van der Waals surface area contributed by atoms with Crippen LogP contribution in [0.2, 0.25) is 0 Å². The first-order valence-electron chi connectivity index (χ1n) is 6.90. The van der Waals surface area contributed by atoms with Crippen LogP contribution in [0, 0.1) is 0 Å². The van der Waals surface area contributed by atoms with Gasteiger partial charge in [-0.05, 0) is 24.3 Å². The average Bonchev–Trinajstić information content (AvgIpc) is 2.76. The second-order valence-corrected chi connectivity index (χ2v) is 6.71.